The molecule has 1 aromatic heterocycles. The van der Waals surface area contributed by atoms with Crippen LogP contribution < -0.4 is 5.32 Å². The molecule has 1 heterocycles. The first-order valence-electron chi connectivity index (χ1n) is 5.35. The van der Waals surface area contributed by atoms with E-state index in [0.29, 0.717) is 0 Å². The van der Waals surface area contributed by atoms with Crippen molar-refractivity contribution in [3.05, 3.63) is 34.8 Å². The quantitative estimate of drug-likeness (QED) is 0.897. The fourth-order valence-corrected chi connectivity index (χ4v) is 1.87. The Morgan fingerprint density at radius 1 is 1.38 bits per heavy atom. The average molecular weight is 280 g/mol. The highest BCUT2D eigenvalue weighted by molar-refractivity contribution is 9.10. The number of hydrogen-bond acceptors (Lipinski definition) is 2. The largest absolute Gasteiger partial charge is 0.369 e. The molecule has 0 bridgehead atoms. The fourth-order valence-electron chi connectivity index (χ4n) is 1.47. The van der Waals surface area contributed by atoms with Crippen LogP contribution in [0.5, 0.6) is 0 Å². The maximum Gasteiger partial charge on any atom is 0.148 e. The van der Waals surface area contributed by atoms with Gasteiger partial charge in [-0.05, 0) is 18.6 Å². The van der Waals surface area contributed by atoms with Crippen LogP contribution >= 0.6 is 15.9 Å². The molecule has 0 atom stereocenters. The summed E-state index contributed by atoms with van der Waals surface area (Å²) in [6.45, 7) is 3.08. The molecule has 16 heavy (non-hydrogen) atoms. The molecule has 2 rings (SSSR count). The summed E-state index contributed by atoms with van der Waals surface area (Å²) in [4.78, 5) is 0. The van der Waals surface area contributed by atoms with Gasteiger partial charge in [0, 0.05) is 22.6 Å². The van der Waals surface area contributed by atoms with Gasteiger partial charge < -0.3 is 5.32 Å². The summed E-state index contributed by atoms with van der Waals surface area (Å²) in [5, 5.41) is 10.5. The summed E-state index contributed by atoms with van der Waals surface area (Å²) in [5.41, 5.74) is 2.16. The van der Waals surface area contributed by atoms with Crippen molar-refractivity contribution in [2.45, 2.75) is 13.3 Å². The fraction of sp³-hybridized carbons (Fsp3) is 0.250. The molecule has 0 aliphatic carbocycles. The summed E-state index contributed by atoms with van der Waals surface area (Å²) < 4.78 is 1.07. The van der Waals surface area contributed by atoms with E-state index in [0.717, 1.165) is 34.5 Å². The molecule has 0 fully saturated rings. The lowest BCUT2D eigenvalue weighted by atomic mass is 10.1. The van der Waals surface area contributed by atoms with Crippen molar-refractivity contribution in [1.29, 1.82) is 0 Å². The summed E-state index contributed by atoms with van der Waals surface area (Å²) in [6, 6.07) is 10.2. The maximum atomic E-state index is 4.21. The van der Waals surface area contributed by atoms with E-state index in [9.17, 15) is 0 Å². The normalized spacial score (nSPS) is 10.4. The van der Waals surface area contributed by atoms with Gasteiger partial charge in [0.25, 0.3) is 0 Å². The molecule has 0 saturated heterocycles. The molecule has 2 aromatic rings. The molecule has 0 aliphatic heterocycles. The number of halogens is 1. The van der Waals surface area contributed by atoms with Crippen molar-refractivity contribution in [2.75, 3.05) is 11.9 Å². The Hall–Kier alpha value is -1.29. The molecule has 0 radical (unpaired) electrons. The molecule has 0 spiro atoms. The van der Waals surface area contributed by atoms with Gasteiger partial charge in [0.05, 0.1) is 5.69 Å². The van der Waals surface area contributed by atoms with Gasteiger partial charge in [-0.1, -0.05) is 35.0 Å². The van der Waals surface area contributed by atoms with E-state index in [4.69, 9.17) is 0 Å². The Bertz CT molecular complexity index is 465. The van der Waals surface area contributed by atoms with Crippen LogP contribution in [0.2, 0.25) is 0 Å². The number of benzene rings is 1. The molecular formula is C12H14BrN3. The Kier molecular flexibility index (Phi) is 3.62. The van der Waals surface area contributed by atoms with Crippen molar-refractivity contribution in [3.63, 3.8) is 0 Å². The van der Waals surface area contributed by atoms with Gasteiger partial charge >= 0.3 is 0 Å². The predicted molar refractivity (Wildman–Crippen MR) is 70.5 cm³/mol. The number of nitrogens with one attached hydrogen (secondary N) is 2. The summed E-state index contributed by atoms with van der Waals surface area (Å²) >= 11 is 3.46. The van der Waals surface area contributed by atoms with E-state index in [1.54, 1.807) is 0 Å². The van der Waals surface area contributed by atoms with Crippen LogP contribution in [0.25, 0.3) is 11.3 Å². The van der Waals surface area contributed by atoms with Crippen LogP contribution in [0.15, 0.2) is 34.8 Å². The minimum atomic E-state index is 0.900. The molecule has 2 N–H and O–H groups in total. The lowest BCUT2D eigenvalue weighted by molar-refractivity contribution is 0.961. The Labute approximate surface area is 103 Å². The van der Waals surface area contributed by atoms with E-state index in [-0.39, 0.29) is 0 Å². The van der Waals surface area contributed by atoms with Gasteiger partial charge in [0.15, 0.2) is 0 Å². The smallest absolute Gasteiger partial charge is 0.148 e. The van der Waals surface area contributed by atoms with Crippen LogP contribution in [0.1, 0.15) is 13.3 Å². The van der Waals surface area contributed by atoms with E-state index in [1.807, 2.05) is 18.2 Å². The first-order chi connectivity index (χ1) is 7.79. The van der Waals surface area contributed by atoms with Crippen molar-refractivity contribution >= 4 is 21.7 Å². The number of aromatic nitrogens is 2. The first-order valence-corrected chi connectivity index (χ1v) is 6.14. The van der Waals surface area contributed by atoms with Crippen LogP contribution in [-0.4, -0.2) is 16.7 Å². The van der Waals surface area contributed by atoms with Gasteiger partial charge in [-0.3, -0.25) is 5.10 Å². The molecule has 0 unspecified atom stereocenters. The number of hydrogen-bond donors (Lipinski definition) is 2. The third kappa shape index (κ3) is 2.64. The van der Waals surface area contributed by atoms with Gasteiger partial charge in [0.1, 0.15) is 5.82 Å². The van der Waals surface area contributed by atoms with Crippen LogP contribution in [-0.2, 0) is 0 Å². The van der Waals surface area contributed by atoms with Gasteiger partial charge in [0.2, 0.25) is 0 Å². The highest BCUT2D eigenvalue weighted by Gasteiger charge is 2.02. The zero-order valence-corrected chi connectivity index (χ0v) is 10.7. The van der Waals surface area contributed by atoms with Gasteiger partial charge in [-0.25, -0.2) is 0 Å². The molecule has 4 heteroatoms. The minimum Gasteiger partial charge on any atom is -0.369 e. The molecular weight excluding hydrogens is 266 g/mol. The van der Waals surface area contributed by atoms with Crippen molar-refractivity contribution in [1.82, 2.24) is 10.2 Å². The average Bonchev–Trinajstić information content (AvgIpc) is 2.75. The Morgan fingerprint density at radius 3 is 3.00 bits per heavy atom. The second-order valence-electron chi connectivity index (χ2n) is 3.60. The zero-order valence-electron chi connectivity index (χ0n) is 9.13. The molecule has 3 nitrogen and oxygen atoms in total. The van der Waals surface area contributed by atoms with E-state index in [2.05, 4.69) is 50.5 Å². The van der Waals surface area contributed by atoms with E-state index in [1.165, 1.54) is 0 Å². The second-order valence-corrected chi connectivity index (χ2v) is 4.52. The highest BCUT2D eigenvalue weighted by atomic mass is 79.9. The van der Waals surface area contributed by atoms with Gasteiger partial charge in [-0.15, -0.1) is 0 Å². The Morgan fingerprint density at radius 2 is 2.25 bits per heavy atom. The number of nitrogens with zero attached hydrogens (tertiary/aromatic N) is 1. The number of aromatic amines is 1. The van der Waals surface area contributed by atoms with Crippen molar-refractivity contribution in [2.24, 2.45) is 0 Å². The molecule has 1 aromatic carbocycles. The summed E-state index contributed by atoms with van der Waals surface area (Å²) in [7, 11) is 0. The standard InChI is InChI=1S/C12H14BrN3/c1-2-6-14-12-8-11(15-16-12)9-4-3-5-10(13)7-9/h3-5,7-8H,2,6H2,1H3,(H2,14,15,16). The summed E-state index contributed by atoms with van der Waals surface area (Å²) in [5.74, 6) is 0.900. The van der Waals surface area contributed by atoms with E-state index >= 15 is 0 Å². The Balaban J connectivity index is 2.18. The third-order valence-corrected chi connectivity index (χ3v) is 2.76. The topological polar surface area (TPSA) is 40.7 Å². The first kappa shape index (κ1) is 11.2. The molecule has 0 amide bonds. The molecule has 84 valence electrons. The molecule has 0 aliphatic rings. The van der Waals surface area contributed by atoms with Crippen molar-refractivity contribution < 1.29 is 0 Å². The van der Waals surface area contributed by atoms with Crippen LogP contribution in [0.4, 0.5) is 5.82 Å². The maximum absolute atomic E-state index is 4.21. The lowest BCUT2D eigenvalue weighted by Gasteiger charge is -1.98. The van der Waals surface area contributed by atoms with E-state index < -0.39 is 0 Å². The highest BCUT2D eigenvalue weighted by Crippen LogP contribution is 2.22. The lowest BCUT2D eigenvalue weighted by Crippen LogP contribution is -1.99. The summed E-state index contributed by atoms with van der Waals surface area (Å²) in [6.07, 6.45) is 1.10. The molecule has 0 saturated carbocycles. The van der Waals surface area contributed by atoms with Crippen molar-refractivity contribution in [3.8, 4) is 11.3 Å². The second kappa shape index (κ2) is 5.16. The number of anilines is 1. The number of rotatable bonds is 4. The third-order valence-electron chi connectivity index (χ3n) is 2.27. The predicted octanol–water partition coefficient (Wildman–Crippen LogP) is 3.66. The SMILES string of the molecule is CCCNc1cc(-c2cccc(Br)c2)[nH]n1. The van der Waals surface area contributed by atoms with Crippen LogP contribution in [0.3, 0.4) is 0 Å². The van der Waals surface area contributed by atoms with Gasteiger partial charge in [-0.2, -0.15) is 5.10 Å². The van der Waals surface area contributed by atoms with Crippen LogP contribution in [0, 0.1) is 0 Å². The zero-order chi connectivity index (χ0) is 11.4. The number of H-pyrrole nitrogens is 1. The monoisotopic (exact) mass is 279 g/mol. The minimum absolute atomic E-state index is 0.900.